The van der Waals surface area contributed by atoms with Gasteiger partial charge < -0.3 is 10.3 Å². The van der Waals surface area contributed by atoms with E-state index in [1.165, 1.54) is 6.07 Å². The van der Waals surface area contributed by atoms with Gasteiger partial charge in [0.15, 0.2) is 0 Å². The average Bonchev–Trinajstić information content (AvgIpc) is 2.75. The van der Waals surface area contributed by atoms with Gasteiger partial charge in [0, 0.05) is 23.7 Å². The van der Waals surface area contributed by atoms with Crippen LogP contribution in [0.25, 0.3) is 0 Å². The largest absolute Gasteiger partial charge is 0.315 e. The molecular formula is C12H12ClFN2OS. The number of hydrogen-bond donors (Lipinski definition) is 2. The van der Waals surface area contributed by atoms with E-state index in [4.69, 9.17) is 11.6 Å². The Morgan fingerprint density at radius 3 is 2.94 bits per heavy atom. The molecular weight excluding hydrogens is 275 g/mol. The second-order valence-corrected chi connectivity index (χ2v) is 5.20. The Balaban J connectivity index is 2.01. The maximum absolute atomic E-state index is 13.0. The van der Waals surface area contributed by atoms with Crippen LogP contribution in [0, 0.1) is 5.82 Å². The van der Waals surface area contributed by atoms with Crippen LogP contribution in [-0.2, 0) is 6.54 Å². The highest BCUT2D eigenvalue weighted by Crippen LogP contribution is 2.20. The molecule has 2 aromatic rings. The van der Waals surface area contributed by atoms with Crippen molar-refractivity contribution in [1.82, 2.24) is 10.3 Å². The molecule has 0 radical (unpaired) electrons. The normalized spacial score (nSPS) is 12.6. The summed E-state index contributed by atoms with van der Waals surface area (Å²) in [5.74, 6) is -0.421. The molecule has 0 amide bonds. The molecule has 0 fully saturated rings. The monoisotopic (exact) mass is 286 g/mol. The third kappa shape index (κ3) is 3.19. The number of H-pyrrole nitrogens is 1. The lowest BCUT2D eigenvalue weighted by Gasteiger charge is -2.14. The Labute approximate surface area is 113 Å². The van der Waals surface area contributed by atoms with Crippen LogP contribution in [0.3, 0.4) is 0 Å². The first kappa shape index (κ1) is 13.3. The first-order chi connectivity index (χ1) is 8.56. The molecule has 0 saturated heterocycles. The van der Waals surface area contributed by atoms with Crippen LogP contribution >= 0.6 is 22.9 Å². The Hall–Kier alpha value is -1.17. The van der Waals surface area contributed by atoms with Crippen LogP contribution in [0.4, 0.5) is 4.39 Å². The molecule has 2 N–H and O–H groups in total. The summed E-state index contributed by atoms with van der Waals surface area (Å²) in [7, 11) is 0. The summed E-state index contributed by atoms with van der Waals surface area (Å²) in [5.41, 5.74) is 1.74. The fourth-order valence-electron chi connectivity index (χ4n) is 1.56. The van der Waals surface area contributed by atoms with Crippen LogP contribution in [0.15, 0.2) is 28.4 Å². The zero-order chi connectivity index (χ0) is 13.1. The summed E-state index contributed by atoms with van der Waals surface area (Å²) in [5, 5.41) is 5.12. The predicted octanol–water partition coefficient (Wildman–Crippen LogP) is 3.08. The average molecular weight is 287 g/mol. The van der Waals surface area contributed by atoms with E-state index in [1.54, 1.807) is 17.5 Å². The Morgan fingerprint density at radius 2 is 2.33 bits per heavy atom. The number of rotatable bonds is 4. The van der Waals surface area contributed by atoms with Gasteiger partial charge in [-0.3, -0.25) is 4.79 Å². The van der Waals surface area contributed by atoms with E-state index >= 15 is 0 Å². The zero-order valence-electron chi connectivity index (χ0n) is 9.67. The molecule has 0 bridgehead atoms. The van der Waals surface area contributed by atoms with Gasteiger partial charge in [0.1, 0.15) is 5.82 Å². The van der Waals surface area contributed by atoms with Crippen LogP contribution < -0.4 is 10.2 Å². The van der Waals surface area contributed by atoms with Gasteiger partial charge in [-0.2, -0.15) is 0 Å². The molecule has 2 rings (SSSR count). The van der Waals surface area contributed by atoms with Crippen molar-refractivity contribution >= 4 is 22.9 Å². The highest BCUT2D eigenvalue weighted by atomic mass is 35.5. The molecule has 3 nitrogen and oxygen atoms in total. The fraction of sp³-hybridized carbons (Fsp3) is 0.250. The van der Waals surface area contributed by atoms with Crippen LogP contribution in [0.5, 0.6) is 0 Å². The third-order valence-corrected chi connectivity index (χ3v) is 3.62. The van der Waals surface area contributed by atoms with Crippen molar-refractivity contribution < 1.29 is 4.39 Å². The summed E-state index contributed by atoms with van der Waals surface area (Å²) >= 11 is 6.86. The smallest absolute Gasteiger partial charge is 0.304 e. The maximum atomic E-state index is 13.0. The summed E-state index contributed by atoms with van der Waals surface area (Å²) in [6.07, 6.45) is 0. The molecule has 1 atom stereocenters. The SMILES string of the molecule is CC(NCc1csc(=O)[nH]1)c1ccc(F)c(Cl)c1. The van der Waals surface area contributed by atoms with Crippen LogP contribution in [0.2, 0.25) is 5.02 Å². The Bertz CT molecular complexity index is 596. The molecule has 0 saturated carbocycles. The molecule has 18 heavy (non-hydrogen) atoms. The summed E-state index contributed by atoms with van der Waals surface area (Å²) in [4.78, 5) is 13.6. The molecule has 6 heteroatoms. The van der Waals surface area contributed by atoms with Gasteiger partial charge in [0.05, 0.1) is 5.02 Å². The number of aromatic amines is 1. The molecule has 0 aliphatic rings. The molecule has 96 valence electrons. The van der Waals surface area contributed by atoms with Gasteiger partial charge in [-0.25, -0.2) is 4.39 Å². The number of hydrogen-bond acceptors (Lipinski definition) is 3. The maximum Gasteiger partial charge on any atom is 0.304 e. The topological polar surface area (TPSA) is 44.9 Å². The lowest BCUT2D eigenvalue weighted by atomic mass is 10.1. The van der Waals surface area contributed by atoms with Gasteiger partial charge in [-0.1, -0.05) is 29.0 Å². The van der Waals surface area contributed by atoms with E-state index in [0.717, 1.165) is 22.6 Å². The van der Waals surface area contributed by atoms with Gasteiger partial charge in [-0.15, -0.1) is 0 Å². The molecule has 1 aromatic carbocycles. The molecule has 1 heterocycles. The number of thiazole rings is 1. The Morgan fingerprint density at radius 1 is 1.56 bits per heavy atom. The summed E-state index contributed by atoms with van der Waals surface area (Å²) < 4.78 is 13.0. The number of benzene rings is 1. The summed E-state index contributed by atoms with van der Waals surface area (Å²) in [6, 6.07) is 4.66. The minimum atomic E-state index is -0.421. The highest BCUT2D eigenvalue weighted by Gasteiger charge is 2.08. The zero-order valence-corrected chi connectivity index (χ0v) is 11.2. The third-order valence-electron chi connectivity index (χ3n) is 2.61. The summed E-state index contributed by atoms with van der Waals surface area (Å²) in [6.45, 7) is 2.50. The lowest BCUT2D eigenvalue weighted by Crippen LogP contribution is -2.18. The molecule has 1 aromatic heterocycles. The minimum Gasteiger partial charge on any atom is -0.315 e. The van der Waals surface area contributed by atoms with Crippen molar-refractivity contribution in [2.75, 3.05) is 0 Å². The van der Waals surface area contributed by atoms with Gasteiger partial charge in [0.2, 0.25) is 0 Å². The highest BCUT2D eigenvalue weighted by molar-refractivity contribution is 7.07. The van der Waals surface area contributed by atoms with Gasteiger partial charge >= 0.3 is 4.87 Å². The number of aromatic nitrogens is 1. The van der Waals surface area contributed by atoms with E-state index in [0.29, 0.717) is 6.54 Å². The van der Waals surface area contributed by atoms with Crippen molar-refractivity contribution in [3.8, 4) is 0 Å². The van der Waals surface area contributed by atoms with E-state index in [-0.39, 0.29) is 15.9 Å². The molecule has 1 unspecified atom stereocenters. The van der Waals surface area contributed by atoms with Gasteiger partial charge in [-0.05, 0) is 24.6 Å². The van der Waals surface area contributed by atoms with Gasteiger partial charge in [0.25, 0.3) is 0 Å². The first-order valence-electron chi connectivity index (χ1n) is 5.41. The molecule has 0 spiro atoms. The molecule has 0 aliphatic carbocycles. The predicted molar refractivity (Wildman–Crippen MR) is 71.6 cm³/mol. The van der Waals surface area contributed by atoms with Crippen molar-refractivity contribution in [1.29, 1.82) is 0 Å². The van der Waals surface area contributed by atoms with E-state index < -0.39 is 5.82 Å². The lowest BCUT2D eigenvalue weighted by molar-refractivity contribution is 0.565. The van der Waals surface area contributed by atoms with Crippen molar-refractivity contribution in [2.45, 2.75) is 19.5 Å². The standard InChI is InChI=1S/C12H12ClFN2OS/c1-7(8-2-3-11(14)10(13)4-8)15-5-9-6-18-12(17)16-9/h2-4,6-7,15H,5H2,1H3,(H,16,17). The first-order valence-corrected chi connectivity index (χ1v) is 6.67. The molecule has 0 aliphatic heterocycles. The van der Waals surface area contributed by atoms with Crippen molar-refractivity contribution in [2.24, 2.45) is 0 Å². The van der Waals surface area contributed by atoms with Crippen LogP contribution in [0.1, 0.15) is 24.2 Å². The van der Waals surface area contributed by atoms with E-state index in [2.05, 4.69) is 10.3 Å². The minimum absolute atomic E-state index is 0.0199. The second-order valence-electron chi connectivity index (χ2n) is 3.95. The van der Waals surface area contributed by atoms with Crippen LogP contribution in [-0.4, -0.2) is 4.98 Å². The van der Waals surface area contributed by atoms with E-state index in [9.17, 15) is 9.18 Å². The fourth-order valence-corrected chi connectivity index (χ4v) is 2.33. The van der Waals surface area contributed by atoms with Crippen molar-refractivity contribution in [3.05, 3.63) is 55.3 Å². The number of halogens is 2. The number of nitrogens with one attached hydrogen (secondary N) is 2. The van der Waals surface area contributed by atoms with Crippen molar-refractivity contribution in [3.63, 3.8) is 0 Å². The quantitative estimate of drug-likeness (QED) is 0.907. The Kier molecular flexibility index (Phi) is 4.16. The van der Waals surface area contributed by atoms with E-state index in [1.807, 2.05) is 6.92 Å². The second kappa shape index (κ2) is 5.65.